The van der Waals surface area contributed by atoms with Gasteiger partial charge in [0.2, 0.25) is 5.91 Å². The minimum atomic E-state index is -3.26. The van der Waals surface area contributed by atoms with Gasteiger partial charge in [-0.2, -0.15) is 4.68 Å². The van der Waals surface area contributed by atoms with Gasteiger partial charge in [-0.3, -0.25) is 9.69 Å². The Bertz CT molecular complexity index is 845. The molecule has 1 heterocycles. The highest BCUT2D eigenvalue weighted by Gasteiger charge is 2.17. The number of hydrogen-bond donors (Lipinski definition) is 0. The third kappa shape index (κ3) is 5.09. The van der Waals surface area contributed by atoms with E-state index in [2.05, 4.69) is 15.5 Å². The molecule has 0 fully saturated rings. The van der Waals surface area contributed by atoms with Crippen LogP contribution in [0.5, 0.6) is 0 Å². The number of hydrogen-bond acceptors (Lipinski definition) is 7. The fourth-order valence-electron chi connectivity index (χ4n) is 2.40. The zero-order valence-corrected chi connectivity index (χ0v) is 16.3. The van der Waals surface area contributed by atoms with Gasteiger partial charge in [-0.25, -0.2) is 8.42 Å². The Morgan fingerprint density at radius 3 is 2.38 bits per heavy atom. The van der Waals surface area contributed by atoms with Gasteiger partial charge in [-0.05, 0) is 47.7 Å². The molecule has 1 aromatic carbocycles. The van der Waals surface area contributed by atoms with Gasteiger partial charge in [0.25, 0.3) is 0 Å². The van der Waals surface area contributed by atoms with Crippen LogP contribution >= 0.6 is 0 Å². The third-order valence-electron chi connectivity index (χ3n) is 3.81. The Morgan fingerprint density at radius 2 is 1.85 bits per heavy atom. The maximum atomic E-state index is 12.0. The van der Waals surface area contributed by atoms with Crippen molar-refractivity contribution in [3.8, 4) is 5.69 Å². The van der Waals surface area contributed by atoms with Gasteiger partial charge in [-0.1, -0.05) is 6.92 Å². The van der Waals surface area contributed by atoms with Crippen molar-refractivity contribution in [2.45, 2.75) is 24.8 Å². The summed E-state index contributed by atoms with van der Waals surface area (Å²) < 4.78 is 24.7. The van der Waals surface area contributed by atoms with Crippen LogP contribution in [0.15, 0.2) is 29.2 Å². The van der Waals surface area contributed by atoms with Crippen molar-refractivity contribution in [2.24, 2.45) is 0 Å². The topological polar surface area (TPSA) is 101 Å². The van der Waals surface area contributed by atoms with Gasteiger partial charge in [0, 0.05) is 20.4 Å². The van der Waals surface area contributed by atoms with Crippen molar-refractivity contribution in [2.75, 3.05) is 33.4 Å². The molecule has 0 spiro atoms. The van der Waals surface area contributed by atoms with Gasteiger partial charge in [0.1, 0.15) is 0 Å². The number of carbonyl (C=O) groups is 1. The zero-order valence-electron chi connectivity index (χ0n) is 15.5. The first-order valence-electron chi connectivity index (χ1n) is 8.22. The maximum Gasteiger partial charge on any atom is 0.236 e. The van der Waals surface area contributed by atoms with Crippen LogP contribution in [-0.4, -0.2) is 77.8 Å². The minimum Gasteiger partial charge on any atom is -0.348 e. The van der Waals surface area contributed by atoms with E-state index in [1.807, 2.05) is 11.8 Å². The Balaban J connectivity index is 2.22. The molecular formula is C16H24N6O3S. The number of likely N-dealkylation sites (N-methyl/N-ethyl adjacent to an activating group) is 1. The lowest BCUT2D eigenvalue weighted by Crippen LogP contribution is -2.37. The summed E-state index contributed by atoms with van der Waals surface area (Å²) in [7, 11) is 0.186. The molecule has 0 bridgehead atoms. The molecule has 0 atom stereocenters. The zero-order chi connectivity index (χ0) is 19.3. The number of carbonyl (C=O) groups excluding carboxylic acids is 1. The third-order valence-corrected chi connectivity index (χ3v) is 4.93. The number of tetrazole rings is 1. The molecule has 0 radical (unpaired) electrons. The molecule has 10 heteroatoms. The lowest BCUT2D eigenvalue weighted by Gasteiger charge is -2.22. The van der Waals surface area contributed by atoms with Gasteiger partial charge in [-0.15, -0.1) is 5.10 Å². The fraction of sp³-hybridized carbons (Fsp3) is 0.500. The molecule has 1 aromatic heterocycles. The first kappa shape index (κ1) is 20.0. The molecular weight excluding hydrogens is 356 g/mol. The van der Waals surface area contributed by atoms with Crippen molar-refractivity contribution >= 4 is 15.7 Å². The summed E-state index contributed by atoms with van der Waals surface area (Å²) in [6.07, 6.45) is 2.06. The first-order valence-corrected chi connectivity index (χ1v) is 10.1. The van der Waals surface area contributed by atoms with Crippen molar-refractivity contribution in [3.63, 3.8) is 0 Å². The molecule has 2 aromatic rings. The lowest BCUT2D eigenvalue weighted by molar-refractivity contribution is -0.130. The summed E-state index contributed by atoms with van der Waals surface area (Å²) in [5.74, 6) is 0.590. The fourth-order valence-corrected chi connectivity index (χ4v) is 3.03. The largest absolute Gasteiger partial charge is 0.348 e. The summed E-state index contributed by atoms with van der Waals surface area (Å²) in [6.45, 7) is 3.47. The predicted molar refractivity (Wildman–Crippen MR) is 96.5 cm³/mol. The van der Waals surface area contributed by atoms with E-state index >= 15 is 0 Å². The lowest BCUT2D eigenvalue weighted by atomic mass is 10.3. The van der Waals surface area contributed by atoms with Crippen molar-refractivity contribution in [3.05, 3.63) is 30.1 Å². The van der Waals surface area contributed by atoms with Gasteiger partial charge < -0.3 is 4.90 Å². The average Bonchev–Trinajstić information content (AvgIpc) is 3.02. The Labute approximate surface area is 153 Å². The number of rotatable bonds is 8. The highest BCUT2D eigenvalue weighted by Crippen LogP contribution is 2.14. The number of sulfone groups is 1. The highest BCUT2D eigenvalue weighted by molar-refractivity contribution is 7.90. The molecule has 0 aliphatic rings. The average molecular weight is 380 g/mol. The second-order valence-corrected chi connectivity index (χ2v) is 8.29. The monoisotopic (exact) mass is 380 g/mol. The maximum absolute atomic E-state index is 12.0. The van der Waals surface area contributed by atoms with Crippen LogP contribution in [0.25, 0.3) is 5.69 Å². The molecule has 1 amide bonds. The van der Waals surface area contributed by atoms with E-state index in [4.69, 9.17) is 0 Å². The normalized spacial score (nSPS) is 11.7. The quantitative estimate of drug-likeness (QED) is 0.652. The van der Waals surface area contributed by atoms with E-state index in [1.165, 1.54) is 12.1 Å². The molecule has 26 heavy (non-hydrogen) atoms. The van der Waals surface area contributed by atoms with Crippen LogP contribution in [0.4, 0.5) is 0 Å². The molecule has 0 saturated heterocycles. The molecule has 0 aliphatic carbocycles. The SMILES string of the molecule is CCCN(CC(=O)N(C)C)Cc1nnnn1-c1ccc(S(C)(=O)=O)cc1. The number of benzene rings is 1. The minimum absolute atomic E-state index is 0.00924. The van der Waals surface area contributed by atoms with E-state index in [-0.39, 0.29) is 17.3 Å². The summed E-state index contributed by atoms with van der Waals surface area (Å²) >= 11 is 0. The molecule has 0 N–H and O–H groups in total. The summed E-state index contributed by atoms with van der Waals surface area (Å²) in [5, 5.41) is 11.8. The molecule has 0 unspecified atom stereocenters. The second-order valence-electron chi connectivity index (χ2n) is 6.27. The number of nitrogens with zero attached hydrogens (tertiary/aromatic N) is 6. The molecule has 0 aliphatic heterocycles. The van der Waals surface area contributed by atoms with Crippen LogP contribution in [0, 0.1) is 0 Å². The van der Waals surface area contributed by atoms with E-state index < -0.39 is 9.84 Å². The van der Waals surface area contributed by atoms with E-state index in [9.17, 15) is 13.2 Å². The van der Waals surface area contributed by atoms with E-state index in [1.54, 1.807) is 35.8 Å². The second kappa shape index (κ2) is 8.37. The number of aromatic nitrogens is 4. The van der Waals surface area contributed by atoms with Gasteiger partial charge in [0.05, 0.1) is 23.7 Å². The Kier molecular flexibility index (Phi) is 6.43. The van der Waals surface area contributed by atoms with Crippen molar-refractivity contribution in [1.82, 2.24) is 30.0 Å². The predicted octanol–water partition coefficient (Wildman–Crippen LogP) is 0.366. The highest BCUT2D eigenvalue weighted by atomic mass is 32.2. The summed E-state index contributed by atoms with van der Waals surface area (Å²) in [4.78, 5) is 15.8. The molecule has 142 valence electrons. The van der Waals surface area contributed by atoms with E-state index in [0.717, 1.165) is 19.2 Å². The van der Waals surface area contributed by atoms with Crippen LogP contribution in [0.2, 0.25) is 0 Å². The first-order chi connectivity index (χ1) is 12.2. The van der Waals surface area contributed by atoms with Gasteiger partial charge >= 0.3 is 0 Å². The molecule has 0 saturated carbocycles. The smallest absolute Gasteiger partial charge is 0.236 e. The summed E-state index contributed by atoms with van der Waals surface area (Å²) in [5.41, 5.74) is 0.660. The van der Waals surface area contributed by atoms with E-state index in [0.29, 0.717) is 18.1 Å². The Hall–Kier alpha value is -2.33. The number of amides is 1. The Morgan fingerprint density at radius 1 is 1.19 bits per heavy atom. The summed E-state index contributed by atoms with van der Waals surface area (Å²) in [6, 6.07) is 6.36. The van der Waals surface area contributed by atoms with Crippen molar-refractivity contribution in [1.29, 1.82) is 0 Å². The van der Waals surface area contributed by atoms with Crippen LogP contribution in [-0.2, 0) is 21.2 Å². The molecule has 2 rings (SSSR count). The van der Waals surface area contributed by atoms with Crippen LogP contribution in [0.3, 0.4) is 0 Å². The van der Waals surface area contributed by atoms with Crippen LogP contribution < -0.4 is 0 Å². The van der Waals surface area contributed by atoms with Crippen LogP contribution in [0.1, 0.15) is 19.2 Å². The van der Waals surface area contributed by atoms with Gasteiger partial charge in [0.15, 0.2) is 15.7 Å². The standard InChI is InChI=1S/C16H24N6O3S/c1-5-10-21(12-16(23)20(2)3)11-15-17-18-19-22(15)13-6-8-14(9-7-13)26(4,24)25/h6-9H,5,10-12H2,1-4H3. The molecule has 9 nitrogen and oxygen atoms in total. The van der Waals surface area contributed by atoms with Crippen molar-refractivity contribution < 1.29 is 13.2 Å².